The molecule has 0 aromatic carbocycles. The second-order valence-corrected chi connectivity index (χ2v) is 5.47. The van der Waals surface area contributed by atoms with Crippen molar-refractivity contribution in [2.75, 3.05) is 43.9 Å². The summed E-state index contributed by atoms with van der Waals surface area (Å²) in [4.78, 5) is 19.6. The lowest BCUT2D eigenvalue weighted by Crippen LogP contribution is -2.42. The Kier molecular flexibility index (Phi) is 4.95. The Balaban J connectivity index is 2.26. The Bertz CT molecular complexity index is 500. The van der Waals surface area contributed by atoms with Crippen LogP contribution in [0.2, 0.25) is 0 Å². The van der Waals surface area contributed by atoms with Gasteiger partial charge in [0.2, 0.25) is 5.82 Å². The van der Waals surface area contributed by atoms with E-state index in [1.807, 2.05) is 18.9 Å². The zero-order valence-electron chi connectivity index (χ0n) is 12.9. The van der Waals surface area contributed by atoms with Crippen molar-refractivity contribution in [2.24, 2.45) is 0 Å². The number of pyridine rings is 1. The fourth-order valence-electron chi connectivity index (χ4n) is 2.68. The minimum absolute atomic E-state index is 0.0677. The number of anilines is 2. The van der Waals surface area contributed by atoms with Crippen molar-refractivity contribution in [2.45, 2.75) is 25.8 Å². The lowest BCUT2D eigenvalue weighted by molar-refractivity contribution is -0.384. The van der Waals surface area contributed by atoms with Gasteiger partial charge in [0, 0.05) is 25.7 Å². The highest BCUT2D eigenvalue weighted by atomic mass is 16.6. The van der Waals surface area contributed by atoms with Gasteiger partial charge in [0.05, 0.1) is 4.92 Å². The third kappa shape index (κ3) is 3.60. The van der Waals surface area contributed by atoms with Gasteiger partial charge < -0.3 is 15.1 Å². The summed E-state index contributed by atoms with van der Waals surface area (Å²) in [7, 11) is 4.00. The van der Waals surface area contributed by atoms with Crippen LogP contribution in [0.1, 0.15) is 19.8 Å². The van der Waals surface area contributed by atoms with Gasteiger partial charge in [0.15, 0.2) is 0 Å². The van der Waals surface area contributed by atoms with E-state index in [0.717, 1.165) is 32.5 Å². The number of nitrogens with zero attached hydrogens (tertiary/aromatic N) is 4. The molecule has 116 valence electrons. The summed E-state index contributed by atoms with van der Waals surface area (Å²) in [6.07, 6.45) is 1.99. The van der Waals surface area contributed by atoms with Gasteiger partial charge >= 0.3 is 5.69 Å². The molecule has 21 heavy (non-hydrogen) atoms. The Morgan fingerprint density at radius 1 is 1.48 bits per heavy atom. The average molecular weight is 293 g/mol. The van der Waals surface area contributed by atoms with E-state index in [2.05, 4.69) is 22.2 Å². The molecule has 1 fully saturated rings. The minimum Gasteiger partial charge on any atom is -0.370 e. The quantitative estimate of drug-likeness (QED) is 0.660. The van der Waals surface area contributed by atoms with Crippen molar-refractivity contribution in [3.63, 3.8) is 0 Å². The number of nitrogens with one attached hydrogen (secondary N) is 1. The summed E-state index contributed by atoms with van der Waals surface area (Å²) in [6, 6.07) is 3.49. The van der Waals surface area contributed by atoms with E-state index >= 15 is 0 Å². The summed E-state index contributed by atoms with van der Waals surface area (Å²) in [6.45, 7) is 4.73. The Morgan fingerprint density at radius 3 is 2.71 bits per heavy atom. The molecule has 7 nitrogen and oxygen atoms in total. The highest BCUT2D eigenvalue weighted by molar-refractivity contribution is 5.62. The van der Waals surface area contributed by atoms with Crippen LogP contribution in [-0.4, -0.2) is 54.6 Å². The number of piperidine rings is 1. The predicted octanol–water partition coefficient (Wildman–Crippen LogP) is 1.95. The van der Waals surface area contributed by atoms with Gasteiger partial charge in [0.1, 0.15) is 5.82 Å². The minimum atomic E-state index is -0.358. The fraction of sp³-hybridized carbons (Fsp3) is 0.643. The van der Waals surface area contributed by atoms with E-state index in [-0.39, 0.29) is 10.6 Å². The first-order valence-electron chi connectivity index (χ1n) is 7.33. The lowest BCUT2D eigenvalue weighted by atomic mass is 10.0. The number of aromatic nitrogens is 1. The first-order chi connectivity index (χ1) is 10.0. The van der Waals surface area contributed by atoms with Crippen LogP contribution in [0.15, 0.2) is 12.1 Å². The first kappa shape index (κ1) is 15.5. The van der Waals surface area contributed by atoms with Gasteiger partial charge in [-0.25, -0.2) is 4.98 Å². The van der Waals surface area contributed by atoms with Gasteiger partial charge in [-0.3, -0.25) is 10.1 Å². The second kappa shape index (κ2) is 6.71. The summed E-state index contributed by atoms with van der Waals surface area (Å²) in [5, 5.41) is 14.4. The maximum absolute atomic E-state index is 11.2. The van der Waals surface area contributed by atoms with E-state index in [1.165, 1.54) is 6.07 Å². The lowest BCUT2D eigenvalue weighted by Gasteiger charge is -2.35. The van der Waals surface area contributed by atoms with Crippen molar-refractivity contribution < 1.29 is 4.92 Å². The van der Waals surface area contributed by atoms with Crippen molar-refractivity contribution in [1.29, 1.82) is 0 Å². The summed E-state index contributed by atoms with van der Waals surface area (Å²) < 4.78 is 0. The van der Waals surface area contributed by atoms with Gasteiger partial charge in [0.25, 0.3) is 0 Å². The zero-order valence-corrected chi connectivity index (χ0v) is 12.9. The summed E-state index contributed by atoms with van der Waals surface area (Å²) >= 11 is 0. The van der Waals surface area contributed by atoms with E-state index in [4.69, 9.17) is 0 Å². The fourth-order valence-corrected chi connectivity index (χ4v) is 2.68. The Hall–Kier alpha value is -1.89. The largest absolute Gasteiger partial charge is 0.370 e. The van der Waals surface area contributed by atoms with Gasteiger partial charge in [-0.1, -0.05) is 0 Å². The zero-order chi connectivity index (χ0) is 15.4. The van der Waals surface area contributed by atoms with Crippen LogP contribution in [0, 0.1) is 10.1 Å². The third-order valence-corrected chi connectivity index (χ3v) is 3.98. The molecule has 0 spiro atoms. The Labute approximate surface area is 125 Å². The topological polar surface area (TPSA) is 74.5 Å². The van der Waals surface area contributed by atoms with Crippen LogP contribution in [-0.2, 0) is 0 Å². The van der Waals surface area contributed by atoms with E-state index in [1.54, 1.807) is 6.07 Å². The van der Waals surface area contributed by atoms with Crippen LogP contribution in [0.5, 0.6) is 0 Å². The number of likely N-dealkylation sites (tertiary alicyclic amines) is 1. The smallest absolute Gasteiger partial charge is 0.311 e. The van der Waals surface area contributed by atoms with Crippen molar-refractivity contribution >= 4 is 17.3 Å². The molecule has 1 aliphatic rings. The van der Waals surface area contributed by atoms with Crippen molar-refractivity contribution in [3.05, 3.63) is 22.2 Å². The molecule has 0 radical (unpaired) electrons. The van der Waals surface area contributed by atoms with Gasteiger partial charge in [-0.05, 0) is 46.0 Å². The number of hydrogen-bond donors (Lipinski definition) is 1. The molecule has 0 bridgehead atoms. The molecule has 0 atom stereocenters. The highest BCUT2D eigenvalue weighted by Crippen LogP contribution is 2.30. The van der Waals surface area contributed by atoms with Gasteiger partial charge in [-0.2, -0.15) is 0 Å². The Morgan fingerprint density at radius 2 is 2.14 bits per heavy atom. The van der Waals surface area contributed by atoms with Crippen LogP contribution in [0.25, 0.3) is 0 Å². The van der Waals surface area contributed by atoms with E-state index in [0.29, 0.717) is 17.7 Å². The van der Waals surface area contributed by atoms with Crippen LogP contribution in [0.4, 0.5) is 17.3 Å². The average Bonchev–Trinajstić information content (AvgIpc) is 2.47. The molecule has 1 N–H and O–H groups in total. The number of hydrogen-bond acceptors (Lipinski definition) is 6. The predicted molar refractivity (Wildman–Crippen MR) is 84.0 cm³/mol. The molecule has 2 rings (SSSR count). The molecule has 1 saturated heterocycles. The SMILES string of the molecule is CCNc1ccc([N+](=O)[O-])c(N(C)C2CCN(C)CC2)n1. The molecular formula is C14H23N5O2. The second-order valence-electron chi connectivity index (χ2n) is 5.47. The number of rotatable bonds is 5. The van der Waals surface area contributed by atoms with Crippen LogP contribution < -0.4 is 10.2 Å². The van der Waals surface area contributed by atoms with Crippen LogP contribution >= 0.6 is 0 Å². The first-order valence-corrected chi connectivity index (χ1v) is 7.33. The highest BCUT2D eigenvalue weighted by Gasteiger charge is 2.27. The molecule has 0 unspecified atom stereocenters. The standard InChI is InChI=1S/C14H23N5O2/c1-4-15-13-6-5-12(19(20)21)14(16-13)18(3)11-7-9-17(2)10-8-11/h5-6,11H,4,7-10H2,1-3H3,(H,15,16). The maximum atomic E-state index is 11.2. The third-order valence-electron chi connectivity index (χ3n) is 3.98. The molecule has 2 heterocycles. The van der Waals surface area contributed by atoms with E-state index in [9.17, 15) is 10.1 Å². The molecule has 7 heteroatoms. The molecule has 0 saturated carbocycles. The molecule has 1 aromatic heterocycles. The number of nitro groups is 1. The van der Waals surface area contributed by atoms with Crippen molar-refractivity contribution in [3.8, 4) is 0 Å². The summed E-state index contributed by atoms with van der Waals surface area (Å²) in [5.41, 5.74) is 0.0677. The molecule has 0 aliphatic carbocycles. The summed E-state index contributed by atoms with van der Waals surface area (Å²) in [5.74, 6) is 1.13. The van der Waals surface area contributed by atoms with Crippen molar-refractivity contribution in [1.82, 2.24) is 9.88 Å². The van der Waals surface area contributed by atoms with E-state index < -0.39 is 0 Å². The monoisotopic (exact) mass is 293 g/mol. The molecular weight excluding hydrogens is 270 g/mol. The van der Waals surface area contributed by atoms with Gasteiger partial charge in [-0.15, -0.1) is 0 Å². The maximum Gasteiger partial charge on any atom is 0.311 e. The van der Waals surface area contributed by atoms with Crippen LogP contribution in [0.3, 0.4) is 0 Å². The molecule has 1 aliphatic heterocycles. The molecule has 1 aromatic rings. The molecule has 0 amide bonds. The normalized spacial score (nSPS) is 16.7.